The van der Waals surface area contributed by atoms with E-state index in [1.165, 1.54) is 24.2 Å². The van der Waals surface area contributed by atoms with E-state index in [0.717, 1.165) is 29.6 Å². The van der Waals surface area contributed by atoms with Gasteiger partial charge in [-0.1, -0.05) is 25.4 Å². The summed E-state index contributed by atoms with van der Waals surface area (Å²) in [5.74, 6) is 2.11. The Morgan fingerprint density at radius 1 is 1.29 bits per heavy atom. The first kappa shape index (κ1) is 13.1. The van der Waals surface area contributed by atoms with Gasteiger partial charge in [-0.2, -0.15) is 0 Å². The molecule has 3 heteroatoms. The van der Waals surface area contributed by atoms with E-state index in [9.17, 15) is 4.79 Å². The van der Waals surface area contributed by atoms with E-state index in [-0.39, 0.29) is 5.92 Å². The monoisotopic (exact) mass is 270 g/mol. The van der Waals surface area contributed by atoms with Crippen molar-refractivity contribution in [1.82, 2.24) is 0 Å². The van der Waals surface area contributed by atoms with Gasteiger partial charge in [0.05, 0.1) is 9.21 Å². The maximum atomic E-state index is 12.2. The number of thiophene rings is 1. The number of rotatable bonds is 3. The van der Waals surface area contributed by atoms with Crippen LogP contribution in [0.1, 0.15) is 49.2 Å². The number of halogens is 1. The molecule has 1 fully saturated rings. The third-order valence-corrected chi connectivity index (χ3v) is 5.15. The highest BCUT2D eigenvalue weighted by molar-refractivity contribution is 7.18. The lowest BCUT2D eigenvalue weighted by Crippen LogP contribution is -2.23. The van der Waals surface area contributed by atoms with Crippen LogP contribution in [0.4, 0.5) is 0 Å². The van der Waals surface area contributed by atoms with Crippen molar-refractivity contribution in [3.05, 3.63) is 21.3 Å². The number of hydrogen-bond donors (Lipinski definition) is 0. The van der Waals surface area contributed by atoms with Crippen molar-refractivity contribution in [3.63, 3.8) is 0 Å². The van der Waals surface area contributed by atoms with Crippen LogP contribution in [-0.4, -0.2) is 5.78 Å². The average Bonchev–Trinajstić information content (AvgIpc) is 2.75. The number of carbonyl (C=O) groups excluding carboxylic acids is 1. The van der Waals surface area contributed by atoms with Gasteiger partial charge in [0.2, 0.25) is 0 Å². The largest absolute Gasteiger partial charge is 0.293 e. The fourth-order valence-corrected chi connectivity index (χ4v) is 3.76. The van der Waals surface area contributed by atoms with Gasteiger partial charge in [0.25, 0.3) is 0 Å². The Hall–Kier alpha value is -0.340. The topological polar surface area (TPSA) is 17.1 Å². The Balaban J connectivity index is 1.95. The van der Waals surface area contributed by atoms with Gasteiger partial charge >= 0.3 is 0 Å². The predicted octanol–water partition coefficient (Wildman–Crippen LogP) is 5.05. The molecule has 0 amide bonds. The lowest BCUT2D eigenvalue weighted by atomic mass is 9.75. The first-order chi connectivity index (χ1) is 8.08. The minimum absolute atomic E-state index is 0.236. The molecule has 0 N–H and O–H groups in total. The van der Waals surface area contributed by atoms with Crippen molar-refractivity contribution in [2.24, 2.45) is 17.8 Å². The van der Waals surface area contributed by atoms with Crippen LogP contribution in [0.25, 0.3) is 0 Å². The van der Waals surface area contributed by atoms with Crippen LogP contribution in [0.2, 0.25) is 4.34 Å². The summed E-state index contributed by atoms with van der Waals surface area (Å²) in [5, 5.41) is 0. The quantitative estimate of drug-likeness (QED) is 0.703. The van der Waals surface area contributed by atoms with E-state index in [4.69, 9.17) is 11.6 Å². The molecule has 1 aromatic rings. The molecule has 0 bridgehead atoms. The Morgan fingerprint density at radius 3 is 2.41 bits per heavy atom. The van der Waals surface area contributed by atoms with Crippen molar-refractivity contribution < 1.29 is 4.79 Å². The highest BCUT2D eigenvalue weighted by Gasteiger charge is 2.28. The molecule has 0 unspecified atom stereocenters. The van der Waals surface area contributed by atoms with E-state index in [0.29, 0.717) is 10.1 Å². The maximum absolute atomic E-state index is 12.2. The second-order valence-electron chi connectivity index (χ2n) is 5.32. The van der Waals surface area contributed by atoms with Gasteiger partial charge in [-0.25, -0.2) is 0 Å². The third-order valence-electron chi connectivity index (χ3n) is 3.90. The highest BCUT2D eigenvalue weighted by atomic mass is 35.5. The lowest BCUT2D eigenvalue weighted by Gasteiger charge is -2.29. The average molecular weight is 271 g/mol. The number of Topliss-reactive ketones (excluding diaryl/α,β-unsaturated/α-hetero) is 1. The van der Waals surface area contributed by atoms with E-state index < -0.39 is 0 Å². The molecule has 0 radical (unpaired) electrons. The van der Waals surface area contributed by atoms with Gasteiger partial charge in [0, 0.05) is 5.92 Å². The van der Waals surface area contributed by atoms with E-state index in [1.54, 1.807) is 0 Å². The first-order valence-electron chi connectivity index (χ1n) is 6.37. The Kier molecular flexibility index (Phi) is 4.26. The van der Waals surface area contributed by atoms with Crippen LogP contribution in [0.15, 0.2) is 12.1 Å². The van der Waals surface area contributed by atoms with Gasteiger partial charge in [-0.15, -0.1) is 11.3 Å². The Bertz CT molecular complexity index is 389. The second-order valence-corrected chi connectivity index (χ2v) is 7.04. The summed E-state index contributed by atoms with van der Waals surface area (Å²) >= 11 is 7.29. The van der Waals surface area contributed by atoms with E-state index in [1.807, 2.05) is 12.1 Å². The van der Waals surface area contributed by atoms with Crippen molar-refractivity contribution in [1.29, 1.82) is 0 Å². The van der Waals surface area contributed by atoms with Crippen LogP contribution in [0, 0.1) is 17.8 Å². The van der Waals surface area contributed by atoms with Crippen molar-refractivity contribution in [2.75, 3.05) is 0 Å². The Labute approximate surface area is 112 Å². The molecule has 1 heterocycles. The first-order valence-corrected chi connectivity index (χ1v) is 7.57. The van der Waals surface area contributed by atoms with Gasteiger partial charge in [0.15, 0.2) is 5.78 Å². The van der Waals surface area contributed by atoms with Crippen LogP contribution in [0.5, 0.6) is 0 Å². The summed E-state index contributed by atoms with van der Waals surface area (Å²) in [6, 6.07) is 3.68. The number of ketones is 1. The lowest BCUT2D eigenvalue weighted by molar-refractivity contribution is 0.0863. The normalized spacial score (nSPS) is 25.2. The molecule has 1 nitrogen and oxygen atoms in total. The molecule has 94 valence electrons. The van der Waals surface area contributed by atoms with Gasteiger partial charge < -0.3 is 0 Å². The summed E-state index contributed by atoms with van der Waals surface area (Å²) in [4.78, 5) is 13.1. The second kappa shape index (κ2) is 5.53. The molecule has 1 aliphatic carbocycles. The number of hydrogen-bond acceptors (Lipinski definition) is 2. The summed E-state index contributed by atoms with van der Waals surface area (Å²) in [6.45, 7) is 4.57. The molecular formula is C14H19ClOS. The highest BCUT2D eigenvalue weighted by Crippen LogP contribution is 2.36. The summed E-state index contributed by atoms with van der Waals surface area (Å²) < 4.78 is 0.712. The molecule has 0 spiro atoms. The van der Waals surface area contributed by atoms with Gasteiger partial charge in [-0.05, 0) is 49.7 Å². The van der Waals surface area contributed by atoms with Gasteiger partial charge in [-0.3, -0.25) is 4.79 Å². The molecular weight excluding hydrogens is 252 g/mol. The zero-order valence-electron chi connectivity index (χ0n) is 10.4. The summed E-state index contributed by atoms with van der Waals surface area (Å²) in [7, 11) is 0. The molecule has 0 aliphatic heterocycles. The smallest absolute Gasteiger partial charge is 0.175 e. The fraction of sp³-hybridized carbons (Fsp3) is 0.643. The van der Waals surface area contributed by atoms with Crippen molar-refractivity contribution in [2.45, 2.75) is 39.5 Å². The fourth-order valence-electron chi connectivity index (χ4n) is 2.70. The van der Waals surface area contributed by atoms with Crippen LogP contribution in [-0.2, 0) is 0 Å². The molecule has 0 saturated heterocycles. The standard InChI is InChI=1S/C14H19ClOS/c1-9(2)10-3-5-11(6-4-10)14(16)12-7-8-13(15)17-12/h7-11H,3-6H2,1-2H3. The molecule has 1 aromatic heterocycles. The molecule has 0 aromatic carbocycles. The van der Waals surface area contributed by atoms with Crippen LogP contribution >= 0.6 is 22.9 Å². The van der Waals surface area contributed by atoms with Crippen LogP contribution in [0.3, 0.4) is 0 Å². The van der Waals surface area contributed by atoms with Crippen LogP contribution < -0.4 is 0 Å². The zero-order valence-corrected chi connectivity index (χ0v) is 12.0. The third kappa shape index (κ3) is 3.11. The van der Waals surface area contributed by atoms with E-state index >= 15 is 0 Å². The van der Waals surface area contributed by atoms with Crippen molar-refractivity contribution in [3.8, 4) is 0 Å². The molecule has 1 saturated carbocycles. The summed E-state index contributed by atoms with van der Waals surface area (Å²) in [6.07, 6.45) is 4.51. The van der Waals surface area contributed by atoms with E-state index in [2.05, 4.69) is 13.8 Å². The minimum Gasteiger partial charge on any atom is -0.293 e. The Morgan fingerprint density at radius 2 is 1.94 bits per heavy atom. The zero-order chi connectivity index (χ0) is 12.4. The van der Waals surface area contributed by atoms with Crippen molar-refractivity contribution >= 4 is 28.7 Å². The molecule has 1 aliphatic rings. The predicted molar refractivity (Wildman–Crippen MR) is 73.9 cm³/mol. The molecule has 2 rings (SSSR count). The number of carbonyl (C=O) groups is 1. The summed E-state index contributed by atoms with van der Waals surface area (Å²) in [5.41, 5.74) is 0. The van der Waals surface area contributed by atoms with Gasteiger partial charge in [0.1, 0.15) is 0 Å². The maximum Gasteiger partial charge on any atom is 0.175 e. The molecule has 17 heavy (non-hydrogen) atoms. The molecule has 0 atom stereocenters. The SMILES string of the molecule is CC(C)C1CCC(C(=O)c2ccc(Cl)s2)CC1. The minimum atomic E-state index is 0.236.